The fourth-order valence-corrected chi connectivity index (χ4v) is 4.11. The van der Waals surface area contributed by atoms with E-state index in [-0.39, 0.29) is 5.91 Å². The van der Waals surface area contributed by atoms with Crippen molar-refractivity contribution >= 4 is 17.5 Å². The number of benzene rings is 1. The Bertz CT molecular complexity index is 550. The van der Waals surface area contributed by atoms with Crippen LogP contribution in [0.5, 0.6) is 0 Å². The van der Waals surface area contributed by atoms with Gasteiger partial charge in [0.2, 0.25) is 5.91 Å². The van der Waals surface area contributed by atoms with Crippen LogP contribution in [0.3, 0.4) is 0 Å². The summed E-state index contributed by atoms with van der Waals surface area (Å²) in [6.07, 6.45) is 0.488. The molecule has 2 saturated heterocycles. The SMILES string of the molecule is CC(C)(C)CN1CC2CN(C(=O)Cc3ccc(Cl)cc3)CC2C1. The van der Waals surface area contributed by atoms with E-state index >= 15 is 0 Å². The number of hydrogen-bond donors (Lipinski definition) is 0. The molecule has 0 saturated carbocycles. The molecule has 1 aromatic rings. The highest BCUT2D eigenvalue weighted by atomic mass is 35.5. The fourth-order valence-electron chi connectivity index (χ4n) is 3.98. The van der Waals surface area contributed by atoms with Crippen LogP contribution in [0.2, 0.25) is 5.02 Å². The summed E-state index contributed by atoms with van der Waals surface area (Å²) in [5, 5.41) is 0.718. The molecule has 1 amide bonds. The molecule has 3 rings (SSSR count). The second kappa shape index (κ2) is 6.45. The molecule has 1 aromatic carbocycles. The maximum atomic E-state index is 12.5. The summed E-state index contributed by atoms with van der Waals surface area (Å²) in [5.41, 5.74) is 1.40. The molecular formula is C19H27ClN2O. The average molecular weight is 335 g/mol. The molecule has 4 heteroatoms. The van der Waals surface area contributed by atoms with Crippen molar-refractivity contribution in [3.05, 3.63) is 34.9 Å². The molecule has 2 atom stereocenters. The molecule has 0 aliphatic carbocycles. The number of fused-ring (bicyclic) bond motifs is 1. The van der Waals surface area contributed by atoms with Gasteiger partial charge in [-0.2, -0.15) is 0 Å². The maximum absolute atomic E-state index is 12.5. The standard InChI is InChI=1S/C19H27ClN2O/c1-19(2,3)13-21-9-15-11-22(12-16(15)10-21)18(23)8-14-4-6-17(20)7-5-14/h4-7,15-16H,8-13H2,1-3H3. The molecule has 0 bridgehead atoms. The lowest BCUT2D eigenvalue weighted by molar-refractivity contribution is -0.129. The summed E-state index contributed by atoms with van der Waals surface area (Å²) in [6, 6.07) is 7.60. The molecule has 2 aliphatic heterocycles. The molecule has 2 fully saturated rings. The summed E-state index contributed by atoms with van der Waals surface area (Å²) in [5.74, 6) is 1.57. The van der Waals surface area contributed by atoms with Crippen molar-refractivity contribution in [2.75, 3.05) is 32.7 Å². The Balaban J connectivity index is 1.52. The largest absolute Gasteiger partial charge is 0.342 e. The normalized spacial score (nSPS) is 25.0. The van der Waals surface area contributed by atoms with Crippen LogP contribution in [0, 0.1) is 17.3 Å². The third kappa shape index (κ3) is 4.27. The first-order valence-electron chi connectivity index (χ1n) is 8.55. The highest BCUT2D eigenvalue weighted by Crippen LogP contribution is 2.33. The lowest BCUT2D eigenvalue weighted by atomic mass is 9.96. The van der Waals surface area contributed by atoms with Gasteiger partial charge in [0, 0.05) is 37.7 Å². The van der Waals surface area contributed by atoms with Crippen molar-refractivity contribution in [2.24, 2.45) is 17.3 Å². The van der Waals surface area contributed by atoms with E-state index in [0.717, 1.165) is 43.3 Å². The number of halogens is 1. The molecule has 0 radical (unpaired) electrons. The molecule has 126 valence electrons. The van der Waals surface area contributed by atoms with Gasteiger partial charge in [0.1, 0.15) is 0 Å². The van der Waals surface area contributed by atoms with E-state index in [0.29, 0.717) is 23.7 Å². The number of nitrogens with zero attached hydrogens (tertiary/aromatic N) is 2. The van der Waals surface area contributed by atoms with Gasteiger partial charge < -0.3 is 9.80 Å². The highest BCUT2D eigenvalue weighted by Gasteiger charge is 2.41. The molecule has 2 aliphatic rings. The van der Waals surface area contributed by atoms with E-state index in [4.69, 9.17) is 11.6 Å². The monoisotopic (exact) mass is 334 g/mol. The third-order valence-electron chi connectivity index (χ3n) is 4.88. The van der Waals surface area contributed by atoms with Crippen molar-refractivity contribution in [3.63, 3.8) is 0 Å². The number of hydrogen-bond acceptors (Lipinski definition) is 2. The number of rotatable bonds is 3. The van der Waals surface area contributed by atoms with Crippen LogP contribution in [0.4, 0.5) is 0 Å². The van der Waals surface area contributed by atoms with Gasteiger partial charge >= 0.3 is 0 Å². The van der Waals surface area contributed by atoms with Gasteiger partial charge in [0.25, 0.3) is 0 Å². The average Bonchev–Trinajstić information content (AvgIpc) is 2.97. The van der Waals surface area contributed by atoms with E-state index in [9.17, 15) is 4.79 Å². The maximum Gasteiger partial charge on any atom is 0.227 e. The molecule has 0 aromatic heterocycles. The Morgan fingerprint density at radius 2 is 1.65 bits per heavy atom. The fraction of sp³-hybridized carbons (Fsp3) is 0.632. The Kier molecular flexibility index (Phi) is 4.70. The van der Waals surface area contributed by atoms with E-state index in [1.807, 2.05) is 24.3 Å². The zero-order chi connectivity index (χ0) is 16.6. The van der Waals surface area contributed by atoms with E-state index < -0.39 is 0 Å². The second-order valence-electron chi connectivity index (χ2n) is 8.38. The van der Waals surface area contributed by atoms with E-state index in [1.54, 1.807) is 0 Å². The summed E-state index contributed by atoms with van der Waals surface area (Å²) in [7, 11) is 0. The van der Waals surface area contributed by atoms with E-state index in [1.165, 1.54) is 0 Å². The molecule has 3 nitrogen and oxygen atoms in total. The van der Waals surface area contributed by atoms with Crippen LogP contribution in [-0.4, -0.2) is 48.4 Å². The van der Waals surface area contributed by atoms with Crippen LogP contribution in [0.1, 0.15) is 26.3 Å². The van der Waals surface area contributed by atoms with Gasteiger partial charge in [-0.05, 0) is 34.9 Å². The number of carbonyl (C=O) groups is 1. The summed E-state index contributed by atoms with van der Waals surface area (Å²) >= 11 is 5.90. The van der Waals surface area contributed by atoms with Gasteiger partial charge in [0.05, 0.1) is 6.42 Å². The third-order valence-corrected chi connectivity index (χ3v) is 5.13. The van der Waals surface area contributed by atoms with Gasteiger partial charge in [-0.1, -0.05) is 44.5 Å². The topological polar surface area (TPSA) is 23.6 Å². The molecule has 2 unspecified atom stereocenters. The van der Waals surface area contributed by atoms with Crippen molar-refractivity contribution in [3.8, 4) is 0 Å². The van der Waals surface area contributed by atoms with Gasteiger partial charge in [-0.25, -0.2) is 0 Å². The molecule has 0 N–H and O–H groups in total. The summed E-state index contributed by atoms with van der Waals surface area (Å²) in [6.45, 7) is 12.2. The summed E-state index contributed by atoms with van der Waals surface area (Å²) < 4.78 is 0. The minimum absolute atomic E-state index is 0.254. The van der Waals surface area contributed by atoms with Crippen LogP contribution >= 0.6 is 11.6 Å². The number of likely N-dealkylation sites (tertiary alicyclic amines) is 2. The number of carbonyl (C=O) groups excluding carboxylic acids is 1. The second-order valence-corrected chi connectivity index (χ2v) is 8.81. The molecule has 0 spiro atoms. The van der Waals surface area contributed by atoms with Gasteiger partial charge in [0.15, 0.2) is 0 Å². The van der Waals surface area contributed by atoms with Gasteiger partial charge in [-0.3, -0.25) is 4.79 Å². The van der Waals surface area contributed by atoms with Crippen LogP contribution in [0.25, 0.3) is 0 Å². The number of amides is 1. The molecule has 23 heavy (non-hydrogen) atoms. The Morgan fingerprint density at radius 3 is 2.17 bits per heavy atom. The molecule has 2 heterocycles. The van der Waals surface area contributed by atoms with Crippen molar-refractivity contribution in [1.82, 2.24) is 9.80 Å². The summed E-state index contributed by atoms with van der Waals surface area (Å²) in [4.78, 5) is 17.2. The minimum Gasteiger partial charge on any atom is -0.342 e. The van der Waals surface area contributed by atoms with Crippen molar-refractivity contribution in [1.29, 1.82) is 0 Å². The van der Waals surface area contributed by atoms with Gasteiger partial charge in [-0.15, -0.1) is 0 Å². The minimum atomic E-state index is 0.254. The van der Waals surface area contributed by atoms with E-state index in [2.05, 4.69) is 30.6 Å². The smallest absolute Gasteiger partial charge is 0.227 e. The van der Waals surface area contributed by atoms with Crippen molar-refractivity contribution < 1.29 is 4.79 Å². The first-order chi connectivity index (χ1) is 10.8. The zero-order valence-electron chi connectivity index (χ0n) is 14.4. The predicted molar refractivity (Wildman–Crippen MR) is 94.6 cm³/mol. The Morgan fingerprint density at radius 1 is 1.09 bits per heavy atom. The highest BCUT2D eigenvalue weighted by molar-refractivity contribution is 6.30. The Labute approximate surface area is 144 Å². The van der Waals surface area contributed by atoms with Crippen LogP contribution < -0.4 is 0 Å². The quantitative estimate of drug-likeness (QED) is 0.846. The zero-order valence-corrected chi connectivity index (χ0v) is 15.1. The Hall–Kier alpha value is -1.06. The van der Waals surface area contributed by atoms with Crippen LogP contribution in [0.15, 0.2) is 24.3 Å². The first kappa shape index (κ1) is 16.8. The van der Waals surface area contributed by atoms with Crippen LogP contribution in [-0.2, 0) is 11.2 Å². The lowest BCUT2D eigenvalue weighted by Gasteiger charge is -2.28. The van der Waals surface area contributed by atoms with Crippen molar-refractivity contribution in [2.45, 2.75) is 27.2 Å². The lowest BCUT2D eigenvalue weighted by Crippen LogP contribution is -2.36. The first-order valence-corrected chi connectivity index (χ1v) is 8.92. The molecular weight excluding hydrogens is 308 g/mol. The predicted octanol–water partition coefficient (Wildman–Crippen LogP) is 3.32.